The summed E-state index contributed by atoms with van der Waals surface area (Å²) in [5.41, 5.74) is -1.19. The van der Waals surface area contributed by atoms with Crippen LogP contribution in [0.4, 0.5) is 0 Å². The quantitative estimate of drug-likeness (QED) is 0.212. The molecule has 4 N–H and O–H groups in total. The van der Waals surface area contributed by atoms with Crippen molar-refractivity contribution in [1.82, 2.24) is 4.98 Å². The highest BCUT2D eigenvalue weighted by Gasteiger charge is 2.71. The van der Waals surface area contributed by atoms with E-state index < -0.39 is 41.2 Å². The first-order valence-corrected chi connectivity index (χ1v) is 16.9. The van der Waals surface area contributed by atoms with E-state index in [9.17, 15) is 25.2 Å². The number of hydrogen-bond acceptors (Lipinski definition) is 10. The Labute approximate surface area is 264 Å². The lowest BCUT2D eigenvalue weighted by Crippen LogP contribution is -2.69. The molecule has 0 unspecified atom stereocenters. The molecular formula is C35H48N2O8. The number of aliphatic hydroxyl groups excluding tert-OH is 2. The summed E-state index contributed by atoms with van der Waals surface area (Å²) in [5.74, 6) is -0.181. The molecule has 0 spiro atoms. The minimum atomic E-state index is -1.10. The molecule has 10 heteroatoms. The van der Waals surface area contributed by atoms with Crippen LogP contribution in [0.2, 0.25) is 0 Å². The van der Waals surface area contributed by atoms with Gasteiger partial charge in [-0.05, 0) is 93.7 Å². The van der Waals surface area contributed by atoms with E-state index in [2.05, 4.69) is 11.9 Å². The van der Waals surface area contributed by atoms with Crippen molar-refractivity contribution in [2.45, 2.75) is 127 Å². The van der Waals surface area contributed by atoms with Crippen LogP contribution in [-0.2, 0) is 25.5 Å². The second-order valence-electron chi connectivity index (χ2n) is 15.0. The van der Waals surface area contributed by atoms with Gasteiger partial charge in [-0.3, -0.25) is 9.98 Å². The van der Waals surface area contributed by atoms with Gasteiger partial charge in [-0.2, -0.15) is 0 Å². The summed E-state index contributed by atoms with van der Waals surface area (Å²) in [6.07, 6.45) is 8.31. The summed E-state index contributed by atoms with van der Waals surface area (Å²) >= 11 is 0. The van der Waals surface area contributed by atoms with Gasteiger partial charge in [0.05, 0.1) is 41.8 Å². The van der Waals surface area contributed by atoms with Crippen LogP contribution in [0.1, 0.15) is 83.7 Å². The van der Waals surface area contributed by atoms with Crippen molar-refractivity contribution in [3.63, 3.8) is 0 Å². The summed E-state index contributed by atoms with van der Waals surface area (Å²) < 4.78 is 17.5. The zero-order valence-corrected chi connectivity index (χ0v) is 26.4. The third-order valence-electron chi connectivity index (χ3n) is 12.9. The molecule has 1 aromatic rings. The van der Waals surface area contributed by atoms with Crippen molar-refractivity contribution in [3.05, 3.63) is 41.7 Å². The number of rotatable bonds is 6. The Bertz CT molecular complexity index is 1330. The van der Waals surface area contributed by atoms with Crippen molar-refractivity contribution >= 4 is 12.2 Å². The maximum Gasteiger partial charge on any atom is 0.331 e. The fourth-order valence-corrected chi connectivity index (χ4v) is 10.6. The third-order valence-corrected chi connectivity index (χ3v) is 12.9. The zero-order chi connectivity index (χ0) is 31.6. The lowest BCUT2D eigenvalue weighted by molar-refractivity contribution is -0.282. The molecule has 7 rings (SSSR count). The number of pyridine rings is 1. The first-order valence-electron chi connectivity index (χ1n) is 16.9. The molecule has 0 aromatic carbocycles. The van der Waals surface area contributed by atoms with Gasteiger partial charge in [0, 0.05) is 42.2 Å². The second kappa shape index (κ2) is 11.5. The normalized spacial score (nSPS) is 48.0. The van der Waals surface area contributed by atoms with Crippen LogP contribution in [0.25, 0.3) is 0 Å². The van der Waals surface area contributed by atoms with E-state index in [-0.39, 0.29) is 41.7 Å². The van der Waals surface area contributed by atoms with Gasteiger partial charge in [-0.1, -0.05) is 13.0 Å². The largest absolute Gasteiger partial charge is 0.458 e. The molecule has 0 bridgehead atoms. The van der Waals surface area contributed by atoms with Crippen molar-refractivity contribution in [2.24, 2.45) is 33.6 Å². The van der Waals surface area contributed by atoms with Gasteiger partial charge in [-0.25, -0.2) is 4.79 Å². The number of nitrogens with zero attached hydrogens (tertiary/aromatic N) is 2. The highest BCUT2D eigenvalue weighted by atomic mass is 16.7. The molecular weight excluding hydrogens is 576 g/mol. The number of aromatic nitrogens is 1. The van der Waals surface area contributed by atoms with E-state index in [0.29, 0.717) is 51.7 Å². The smallest absolute Gasteiger partial charge is 0.331 e. The van der Waals surface area contributed by atoms with E-state index in [0.717, 1.165) is 30.5 Å². The van der Waals surface area contributed by atoms with E-state index >= 15 is 0 Å². The molecule has 1 saturated heterocycles. The molecule has 45 heavy (non-hydrogen) atoms. The summed E-state index contributed by atoms with van der Waals surface area (Å²) in [6.45, 7) is 4.66. The Morgan fingerprint density at radius 1 is 1.09 bits per heavy atom. The number of carbonyl (C=O) groups excluding carboxylic acids is 1. The number of aliphatic hydroxyl groups is 4. The van der Waals surface area contributed by atoms with Crippen LogP contribution in [0.5, 0.6) is 0 Å². The molecule has 4 saturated carbocycles. The molecule has 0 amide bonds. The van der Waals surface area contributed by atoms with Crippen LogP contribution in [0, 0.1) is 28.6 Å². The standard InChI is InChI=1S/C35H48N2O8/c1-21-31(40)28(38)16-30(44-21)45-24-6-11-33(20-36-18-23-5-3-4-14-37-23)26-7-10-32(2)25(22-15-29(39)43-19-22)9-13-35(32,42)27(26)8-12-34(33,41)17-24/h3-5,14-15,20-21,24-28,30-31,38,40-42H,6-13,16-19H2,1-2H3/t21-,24+,25-,26-,27+,28+,30+,31+,32+,33-,34-,35-/m0/s1. The summed E-state index contributed by atoms with van der Waals surface area (Å²) in [5, 5.41) is 45.9. The van der Waals surface area contributed by atoms with Crippen LogP contribution in [0.3, 0.4) is 0 Å². The number of carbonyl (C=O) groups is 1. The van der Waals surface area contributed by atoms with Crippen molar-refractivity contribution in [1.29, 1.82) is 0 Å². The van der Waals surface area contributed by atoms with Crippen molar-refractivity contribution in [2.75, 3.05) is 6.61 Å². The fourth-order valence-electron chi connectivity index (χ4n) is 10.6. The fraction of sp³-hybridized carbons (Fsp3) is 0.743. The topological polar surface area (TPSA) is 151 Å². The Morgan fingerprint density at radius 3 is 2.64 bits per heavy atom. The van der Waals surface area contributed by atoms with Gasteiger partial charge in [0.15, 0.2) is 6.29 Å². The minimum Gasteiger partial charge on any atom is -0.458 e. The Balaban J connectivity index is 1.17. The first kappa shape index (κ1) is 31.4. The van der Waals surface area contributed by atoms with Gasteiger partial charge in [0.25, 0.3) is 0 Å². The molecule has 5 fully saturated rings. The third kappa shape index (κ3) is 5.02. The van der Waals surface area contributed by atoms with Crippen molar-refractivity contribution < 1.29 is 39.4 Å². The number of cyclic esters (lactones) is 1. The Morgan fingerprint density at radius 2 is 1.91 bits per heavy atom. The molecule has 1 aromatic heterocycles. The number of ether oxygens (including phenoxy) is 3. The maximum absolute atomic E-state index is 12.7. The lowest BCUT2D eigenvalue weighted by atomic mass is 9.41. The molecule has 12 atom stereocenters. The first-order chi connectivity index (χ1) is 21.5. The van der Waals surface area contributed by atoms with Gasteiger partial charge in [0.1, 0.15) is 12.7 Å². The highest BCUT2D eigenvalue weighted by molar-refractivity contribution is 5.85. The number of fused-ring (bicyclic) bond motifs is 5. The number of esters is 1. The van der Waals surface area contributed by atoms with Gasteiger partial charge >= 0.3 is 5.97 Å². The Kier molecular flexibility index (Phi) is 8.02. The van der Waals surface area contributed by atoms with Crippen LogP contribution >= 0.6 is 0 Å². The molecule has 4 aliphatic carbocycles. The molecule has 2 aliphatic heterocycles. The van der Waals surface area contributed by atoms with Gasteiger partial charge in [0.2, 0.25) is 0 Å². The molecule has 10 nitrogen and oxygen atoms in total. The average Bonchev–Trinajstić information content (AvgIpc) is 3.56. The highest BCUT2D eigenvalue weighted by Crippen LogP contribution is 2.70. The average molecular weight is 625 g/mol. The SMILES string of the molecule is C[C@@H]1O[C@H](O[C@@H]2CC[C@]3(C=NCc4ccccn4)[C@H]4CC[C@]5(C)[C@H](C6=CC(=O)OC6)CC[C@]5(O)[C@@H]4CC[C@]3(O)C2)C[C@@H](O)[C@@H]1O. The Hall–Kier alpha value is -2.21. The second-order valence-corrected chi connectivity index (χ2v) is 15.0. The minimum absolute atomic E-state index is 0.0157. The van der Waals surface area contributed by atoms with E-state index in [1.807, 2.05) is 24.4 Å². The van der Waals surface area contributed by atoms with Crippen LogP contribution in [0.15, 0.2) is 41.0 Å². The molecule has 6 aliphatic rings. The molecule has 3 heterocycles. The van der Waals surface area contributed by atoms with Crippen LogP contribution < -0.4 is 0 Å². The molecule has 246 valence electrons. The summed E-state index contributed by atoms with van der Waals surface area (Å²) in [6, 6.07) is 5.78. The van der Waals surface area contributed by atoms with Gasteiger partial charge < -0.3 is 34.6 Å². The maximum atomic E-state index is 12.7. The van der Waals surface area contributed by atoms with E-state index in [4.69, 9.17) is 19.2 Å². The zero-order valence-electron chi connectivity index (χ0n) is 26.4. The predicted molar refractivity (Wildman–Crippen MR) is 164 cm³/mol. The predicted octanol–water partition coefficient (Wildman–Crippen LogP) is 3.25. The summed E-state index contributed by atoms with van der Waals surface area (Å²) in [4.78, 5) is 21.4. The monoisotopic (exact) mass is 624 g/mol. The van der Waals surface area contributed by atoms with E-state index in [1.54, 1.807) is 19.2 Å². The van der Waals surface area contributed by atoms with Gasteiger partial charge in [-0.15, -0.1) is 0 Å². The van der Waals surface area contributed by atoms with E-state index in [1.165, 1.54) is 0 Å². The number of hydrogen-bond donors (Lipinski definition) is 4. The summed E-state index contributed by atoms with van der Waals surface area (Å²) in [7, 11) is 0. The van der Waals surface area contributed by atoms with Crippen LogP contribution in [-0.4, -0.2) is 86.1 Å². The molecule has 0 radical (unpaired) electrons. The van der Waals surface area contributed by atoms with Crippen molar-refractivity contribution in [3.8, 4) is 0 Å². The lowest BCUT2D eigenvalue weighted by Gasteiger charge is -2.66. The number of aliphatic imine (C=N–C) groups is 1.